The van der Waals surface area contributed by atoms with E-state index >= 15 is 0 Å². The Bertz CT molecular complexity index is 444. The molecule has 0 aromatic heterocycles. The summed E-state index contributed by atoms with van der Waals surface area (Å²) < 4.78 is 0. The number of hydrogen-bond acceptors (Lipinski definition) is 3. The summed E-state index contributed by atoms with van der Waals surface area (Å²) in [6.07, 6.45) is 3.84. The molecular weight excluding hydrogens is 262 g/mol. The van der Waals surface area contributed by atoms with Crippen LogP contribution in [0.2, 0.25) is 5.02 Å². The van der Waals surface area contributed by atoms with Crippen molar-refractivity contribution in [3.8, 4) is 0 Å². The molecule has 0 bridgehead atoms. The van der Waals surface area contributed by atoms with Crippen molar-refractivity contribution in [2.24, 2.45) is 0 Å². The average molecular weight is 282 g/mol. The van der Waals surface area contributed by atoms with Crippen LogP contribution in [-0.4, -0.2) is 37.0 Å². The number of carbonyl (C=O) groups excluding carboxylic acids is 1. The Balaban J connectivity index is 1.82. The number of piperidine rings is 1. The lowest BCUT2D eigenvalue weighted by Crippen LogP contribution is -2.37. The van der Waals surface area contributed by atoms with Gasteiger partial charge in [-0.15, -0.1) is 0 Å². The highest BCUT2D eigenvalue weighted by Gasteiger charge is 2.12. The number of rotatable bonds is 4. The van der Waals surface area contributed by atoms with E-state index in [4.69, 9.17) is 17.3 Å². The number of benzene rings is 1. The van der Waals surface area contributed by atoms with Crippen molar-refractivity contribution in [3.63, 3.8) is 0 Å². The Morgan fingerprint density at radius 1 is 1.32 bits per heavy atom. The summed E-state index contributed by atoms with van der Waals surface area (Å²) in [5.41, 5.74) is 6.66. The molecule has 0 atom stereocenters. The number of nitrogens with two attached hydrogens (primary N) is 1. The van der Waals surface area contributed by atoms with Crippen molar-refractivity contribution in [2.45, 2.75) is 19.3 Å². The molecule has 1 aromatic carbocycles. The summed E-state index contributed by atoms with van der Waals surface area (Å²) >= 11 is 5.99. The molecule has 1 amide bonds. The Labute approximate surface area is 118 Å². The first-order chi connectivity index (χ1) is 9.16. The SMILES string of the molecule is Nc1ccc(Cl)c(C(=O)NCCN2CCCCC2)c1. The summed E-state index contributed by atoms with van der Waals surface area (Å²) in [6.45, 7) is 3.81. The predicted octanol–water partition coefficient (Wildman–Crippen LogP) is 2.14. The zero-order chi connectivity index (χ0) is 13.7. The van der Waals surface area contributed by atoms with Gasteiger partial charge >= 0.3 is 0 Å². The van der Waals surface area contributed by atoms with Gasteiger partial charge in [-0.05, 0) is 44.1 Å². The van der Waals surface area contributed by atoms with Crippen molar-refractivity contribution < 1.29 is 4.79 Å². The monoisotopic (exact) mass is 281 g/mol. The first kappa shape index (κ1) is 14.2. The van der Waals surface area contributed by atoms with E-state index in [1.165, 1.54) is 19.3 Å². The van der Waals surface area contributed by atoms with Crippen LogP contribution < -0.4 is 11.1 Å². The zero-order valence-corrected chi connectivity index (χ0v) is 11.7. The standard InChI is InChI=1S/C14H20ClN3O/c15-13-5-4-11(16)10-12(13)14(19)17-6-9-18-7-2-1-3-8-18/h4-5,10H,1-3,6-9,16H2,(H,17,19). The summed E-state index contributed by atoms with van der Waals surface area (Å²) in [7, 11) is 0. The minimum absolute atomic E-state index is 0.158. The van der Waals surface area contributed by atoms with Crippen LogP contribution in [0.3, 0.4) is 0 Å². The molecule has 104 valence electrons. The molecule has 1 heterocycles. The first-order valence-corrected chi connectivity index (χ1v) is 7.10. The Kier molecular flexibility index (Phi) is 5.05. The van der Waals surface area contributed by atoms with Gasteiger partial charge in [0, 0.05) is 18.8 Å². The van der Waals surface area contributed by atoms with Crippen LogP contribution in [0.15, 0.2) is 18.2 Å². The van der Waals surface area contributed by atoms with E-state index < -0.39 is 0 Å². The van der Waals surface area contributed by atoms with Crippen molar-refractivity contribution in [1.29, 1.82) is 0 Å². The number of halogens is 1. The fourth-order valence-corrected chi connectivity index (χ4v) is 2.53. The Hall–Kier alpha value is -1.26. The molecule has 0 radical (unpaired) electrons. The molecule has 2 rings (SSSR count). The number of likely N-dealkylation sites (tertiary alicyclic amines) is 1. The first-order valence-electron chi connectivity index (χ1n) is 6.72. The molecule has 0 spiro atoms. The minimum Gasteiger partial charge on any atom is -0.399 e. The highest BCUT2D eigenvalue weighted by Crippen LogP contribution is 2.18. The number of amides is 1. The maximum atomic E-state index is 12.0. The van der Waals surface area contributed by atoms with E-state index in [2.05, 4.69) is 10.2 Å². The Morgan fingerprint density at radius 3 is 2.79 bits per heavy atom. The second-order valence-corrected chi connectivity index (χ2v) is 5.30. The van der Waals surface area contributed by atoms with Crippen LogP contribution in [0.1, 0.15) is 29.6 Å². The number of carbonyl (C=O) groups is 1. The lowest BCUT2D eigenvalue weighted by Gasteiger charge is -2.26. The largest absolute Gasteiger partial charge is 0.399 e. The molecule has 19 heavy (non-hydrogen) atoms. The molecule has 1 aliphatic heterocycles. The molecular formula is C14H20ClN3O. The van der Waals surface area contributed by atoms with Crippen molar-refractivity contribution >= 4 is 23.2 Å². The highest BCUT2D eigenvalue weighted by molar-refractivity contribution is 6.34. The average Bonchev–Trinajstić information content (AvgIpc) is 2.42. The van der Waals surface area contributed by atoms with Gasteiger partial charge in [0.25, 0.3) is 5.91 Å². The topological polar surface area (TPSA) is 58.4 Å². The minimum atomic E-state index is -0.158. The van der Waals surface area contributed by atoms with E-state index in [9.17, 15) is 4.79 Å². The van der Waals surface area contributed by atoms with Crippen molar-refractivity contribution in [2.75, 3.05) is 31.9 Å². The zero-order valence-electron chi connectivity index (χ0n) is 11.0. The lowest BCUT2D eigenvalue weighted by atomic mass is 10.1. The Morgan fingerprint density at radius 2 is 2.05 bits per heavy atom. The molecule has 0 aliphatic carbocycles. The molecule has 0 saturated carbocycles. The van der Waals surface area contributed by atoms with Gasteiger partial charge < -0.3 is 16.0 Å². The molecule has 1 fully saturated rings. The second-order valence-electron chi connectivity index (χ2n) is 4.90. The summed E-state index contributed by atoms with van der Waals surface area (Å²) in [4.78, 5) is 14.4. The maximum Gasteiger partial charge on any atom is 0.252 e. The molecule has 3 N–H and O–H groups in total. The van der Waals surface area contributed by atoms with Crippen LogP contribution in [0, 0.1) is 0 Å². The third kappa shape index (κ3) is 4.11. The number of hydrogen-bond donors (Lipinski definition) is 2. The third-order valence-corrected chi connectivity index (χ3v) is 3.73. The molecule has 4 nitrogen and oxygen atoms in total. The smallest absolute Gasteiger partial charge is 0.252 e. The van der Waals surface area contributed by atoms with E-state index in [0.29, 0.717) is 22.8 Å². The molecule has 5 heteroatoms. The van der Waals surface area contributed by atoms with Crippen LogP contribution >= 0.6 is 11.6 Å². The van der Waals surface area contributed by atoms with E-state index in [0.717, 1.165) is 19.6 Å². The van der Waals surface area contributed by atoms with Gasteiger partial charge in [-0.25, -0.2) is 0 Å². The van der Waals surface area contributed by atoms with Crippen molar-refractivity contribution in [1.82, 2.24) is 10.2 Å². The predicted molar refractivity (Wildman–Crippen MR) is 78.5 cm³/mol. The van der Waals surface area contributed by atoms with Gasteiger partial charge in [0.15, 0.2) is 0 Å². The van der Waals surface area contributed by atoms with Crippen LogP contribution in [0.25, 0.3) is 0 Å². The molecule has 1 aliphatic rings. The van der Waals surface area contributed by atoms with Gasteiger partial charge in [-0.2, -0.15) is 0 Å². The second kappa shape index (κ2) is 6.78. The van der Waals surface area contributed by atoms with Crippen LogP contribution in [0.5, 0.6) is 0 Å². The van der Waals surface area contributed by atoms with Gasteiger partial charge in [0.2, 0.25) is 0 Å². The lowest BCUT2D eigenvalue weighted by molar-refractivity contribution is 0.0947. The number of nitrogens with one attached hydrogen (secondary N) is 1. The molecule has 0 unspecified atom stereocenters. The van der Waals surface area contributed by atoms with Gasteiger partial charge in [-0.1, -0.05) is 18.0 Å². The summed E-state index contributed by atoms with van der Waals surface area (Å²) in [6, 6.07) is 4.95. The highest BCUT2D eigenvalue weighted by atomic mass is 35.5. The van der Waals surface area contributed by atoms with Crippen LogP contribution in [0.4, 0.5) is 5.69 Å². The normalized spacial score (nSPS) is 16.3. The fourth-order valence-electron chi connectivity index (χ4n) is 2.32. The quantitative estimate of drug-likeness (QED) is 0.832. The number of nitrogens with zero attached hydrogens (tertiary/aromatic N) is 1. The van der Waals surface area contributed by atoms with E-state index in [1.807, 2.05) is 0 Å². The molecule has 1 saturated heterocycles. The van der Waals surface area contributed by atoms with E-state index in [-0.39, 0.29) is 5.91 Å². The number of anilines is 1. The maximum absolute atomic E-state index is 12.0. The van der Waals surface area contributed by atoms with Crippen molar-refractivity contribution in [3.05, 3.63) is 28.8 Å². The third-order valence-electron chi connectivity index (χ3n) is 3.40. The number of nitrogen functional groups attached to an aromatic ring is 1. The summed E-state index contributed by atoms with van der Waals surface area (Å²) in [5, 5.41) is 3.33. The summed E-state index contributed by atoms with van der Waals surface area (Å²) in [5.74, 6) is -0.158. The van der Waals surface area contributed by atoms with Gasteiger partial charge in [0.05, 0.1) is 10.6 Å². The van der Waals surface area contributed by atoms with Crippen LogP contribution in [-0.2, 0) is 0 Å². The van der Waals surface area contributed by atoms with E-state index in [1.54, 1.807) is 18.2 Å². The fraction of sp³-hybridized carbons (Fsp3) is 0.500. The van der Waals surface area contributed by atoms with Gasteiger partial charge in [0.1, 0.15) is 0 Å². The molecule has 1 aromatic rings. The van der Waals surface area contributed by atoms with Gasteiger partial charge in [-0.3, -0.25) is 4.79 Å².